The first-order chi connectivity index (χ1) is 7.51. The van der Waals surface area contributed by atoms with Crippen molar-refractivity contribution in [1.29, 1.82) is 0 Å². The summed E-state index contributed by atoms with van der Waals surface area (Å²) < 4.78 is 39.7. The standard InChI is InChI=1S/C9H13F3N2OS/c10-9(11,12)6-15-4-2-8-14-7(1-3-13)5-16-8/h5H,1-4,6,13H2. The van der Waals surface area contributed by atoms with Gasteiger partial charge < -0.3 is 10.5 Å². The van der Waals surface area contributed by atoms with Crippen LogP contribution in [0, 0.1) is 0 Å². The lowest BCUT2D eigenvalue weighted by atomic mass is 10.3. The van der Waals surface area contributed by atoms with Crippen LogP contribution in [0.2, 0.25) is 0 Å². The quantitative estimate of drug-likeness (QED) is 0.787. The Hall–Kier alpha value is -0.660. The van der Waals surface area contributed by atoms with Gasteiger partial charge >= 0.3 is 6.18 Å². The Morgan fingerprint density at radius 2 is 2.12 bits per heavy atom. The van der Waals surface area contributed by atoms with Crippen molar-refractivity contribution in [2.45, 2.75) is 19.0 Å². The van der Waals surface area contributed by atoms with E-state index in [4.69, 9.17) is 5.73 Å². The summed E-state index contributed by atoms with van der Waals surface area (Å²) in [5.74, 6) is 0. The predicted molar refractivity (Wildman–Crippen MR) is 55.5 cm³/mol. The van der Waals surface area contributed by atoms with Crippen molar-refractivity contribution >= 4 is 11.3 Å². The lowest BCUT2D eigenvalue weighted by molar-refractivity contribution is -0.173. The highest BCUT2D eigenvalue weighted by Gasteiger charge is 2.27. The van der Waals surface area contributed by atoms with Gasteiger partial charge in [0.2, 0.25) is 0 Å². The first kappa shape index (κ1) is 13.4. The van der Waals surface area contributed by atoms with E-state index in [1.807, 2.05) is 5.38 Å². The van der Waals surface area contributed by atoms with Crippen LogP contribution >= 0.6 is 11.3 Å². The Morgan fingerprint density at radius 1 is 1.38 bits per heavy atom. The van der Waals surface area contributed by atoms with Crippen LogP contribution in [0.5, 0.6) is 0 Å². The van der Waals surface area contributed by atoms with Crippen LogP contribution in [0.25, 0.3) is 0 Å². The molecule has 0 aliphatic heterocycles. The molecule has 0 saturated heterocycles. The molecule has 92 valence electrons. The fourth-order valence-corrected chi connectivity index (χ4v) is 1.89. The maximum atomic E-state index is 11.7. The minimum absolute atomic E-state index is 0.0368. The summed E-state index contributed by atoms with van der Waals surface area (Å²) in [5.41, 5.74) is 6.24. The third kappa shape index (κ3) is 5.43. The zero-order valence-electron chi connectivity index (χ0n) is 8.59. The molecule has 2 N–H and O–H groups in total. The highest BCUT2D eigenvalue weighted by Crippen LogP contribution is 2.15. The number of nitrogens with zero attached hydrogens (tertiary/aromatic N) is 1. The molecule has 0 aliphatic carbocycles. The van der Waals surface area contributed by atoms with E-state index in [2.05, 4.69) is 9.72 Å². The first-order valence-corrected chi connectivity index (χ1v) is 5.67. The average Bonchev–Trinajstić information content (AvgIpc) is 2.60. The minimum atomic E-state index is -4.26. The number of aromatic nitrogens is 1. The molecule has 0 radical (unpaired) electrons. The zero-order chi connectivity index (χ0) is 12.0. The van der Waals surface area contributed by atoms with Gasteiger partial charge in [0.05, 0.1) is 17.3 Å². The fraction of sp³-hybridized carbons (Fsp3) is 0.667. The van der Waals surface area contributed by atoms with E-state index < -0.39 is 12.8 Å². The van der Waals surface area contributed by atoms with Crippen molar-refractivity contribution in [3.05, 3.63) is 16.1 Å². The van der Waals surface area contributed by atoms with Crippen LogP contribution in [0.3, 0.4) is 0 Å². The summed E-state index contributed by atoms with van der Waals surface area (Å²) in [4.78, 5) is 4.21. The molecule has 7 heteroatoms. The van der Waals surface area contributed by atoms with E-state index in [9.17, 15) is 13.2 Å². The molecule has 0 saturated carbocycles. The Labute approximate surface area is 95.4 Å². The number of halogens is 3. The summed E-state index contributed by atoms with van der Waals surface area (Å²) in [6.07, 6.45) is -3.15. The van der Waals surface area contributed by atoms with Gasteiger partial charge in [-0.25, -0.2) is 4.98 Å². The molecule has 16 heavy (non-hydrogen) atoms. The zero-order valence-corrected chi connectivity index (χ0v) is 9.40. The number of hydrogen-bond acceptors (Lipinski definition) is 4. The molecule has 1 rings (SSSR count). The van der Waals surface area contributed by atoms with E-state index in [0.29, 0.717) is 19.4 Å². The molecule has 0 spiro atoms. The summed E-state index contributed by atoms with van der Waals surface area (Å²) in [5, 5.41) is 2.65. The molecule has 0 aromatic carbocycles. The van der Waals surface area contributed by atoms with Crippen LogP contribution in [0.4, 0.5) is 13.2 Å². The van der Waals surface area contributed by atoms with E-state index in [1.54, 1.807) is 0 Å². The summed E-state index contributed by atoms with van der Waals surface area (Å²) in [7, 11) is 0. The molecule has 1 heterocycles. The van der Waals surface area contributed by atoms with E-state index in [-0.39, 0.29) is 6.61 Å². The molecule has 0 amide bonds. The monoisotopic (exact) mass is 254 g/mol. The first-order valence-electron chi connectivity index (χ1n) is 4.79. The Balaban J connectivity index is 2.21. The SMILES string of the molecule is NCCc1csc(CCOCC(F)(F)F)n1. The molecule has 0 bridgehead atoms. The normalized spacial score (nSPS) is 12.0. The van der Waals surface area contributed by atoms with Gasteiger partial charge in [-0.05, 0) is 6.54 Å². The number of nitrogens with two attached hydrogens (primary N) is 1. The van der Waals surface area contributed by atoms with Crippen LogP contribution in [-0.4, -0.2) is 30.9 Å². The van der Waals surface area contributed by atoms with Crippen molar-refractivity contribution in [2.24, 2.45) is 5.73 Å². The highest BCUT2D eigenvalue weighted by atomic mass is 32.1. The molecule has 0 fully saturated rings. The lowest BCUT2D eigenvalue weighted by Crippen LogP contribution is -2.17. The minimum Gasteiger partial charge on any atom is -0.372 e. The van der Waals surface area contributed by atoms with Gasteiger partial charge in [-0.2, -0.15) is 13.2 Å². The van der Waals surface area contributed by atoms with E-state index >= 15 is 0 Å². The van der Waals surface area contributed by atoms with Crippen molar-refractivity contribution in [3.63, 3.8) is 0 Å². The summed E-state index contributed by atoms with van der Waals surface area (Å²) >= 11 is 1.42. The molecule has 0 unspecified atom stereocenters. The number of alkyl halides is 3. The molecular formula is C9H13F3N2OS. The largest absolute Gasteiger partial charge is 0.411 e. The van der Waals surface area contributed by atoms with Crippen molar-refractivity contribution < 1.29 is 17.9 Å². The second-order valence-electron chi connectivity index (χ2n) is 3.19. The Bertz CT molecular complexity index is 314. The molecule has 0 aliphatic rings. The number of rotatable bonds is 6. The van der Waals surface area contributed by atoms with E-state index in [0.717, 1.165) is 10.7 Å². The van der Waals surface area contributed by atoms with Gasteiger partial charge in [0.25, 0.3) is 0 Å². The van der Waals surface area contributed by atoms with Gasteiger partial charge in [-0.1, -0.05) is 0 Å². The fourth-order valence-electron chi connectivity index (χ4n) is 1.07. The van der Waals surface area contributed by atoms with Crippen molar-refractivity contribution in [2.75, 3.05) is 19.8 Å². The molecule has 1 aromatic rings. The van der Waals surface area contributed by atoms with Gasteiger partial charge in [-0.3, -0.25) is 0 Å². The predicted octanol–water partition coefficient (Wildman–Crippen LogP) is 1.77. The van der Waals surface area contributed by atoms with Crippen molar-refractivity contribution in [3.8, 4) is 0 Å². The van der Waals surface area contributed by atoms with Gasteiger partial charge in [-0.15, -0.1) is 11.3 Å². The van der Waals surface area contributed by atoms with Gasteiger partial charge in [0, 0.05) is 18.2 Å². The third-order valence-corrected chi connectivity index (χ3v) is 2.68. The molecule has 1 aromatic heterocycles. The van der Waals surface area contributed by atoms with Gasteiger partial charge in [0.1, 0.15) is 6.61 Å². The summed E-state index contributed by atoms with van der Waals surface area (Å²) in [6.45, 7) is -0.642. The van der Waals surface area contributed by atoms with Gasteiger partial charge in [0.15, 0.2) is 0 Å². The number of ether oxygens (including phenoxy) is 1. The maximum absolute atomic E-state index is 11.7. The average molecular weight is 254 g/mol. The molecular weight excluding hydrogens is 241 g/mol. The Kier molecular flexibility index (Phi) is 5.17. The molecule has 0 atom stereocenters. The maximum Gasteiger partial charge on any atom is 0.411 e. The second-order valence-corrected chi connectivity index (χ2v) is 4.13. The number of thiazole rings is 1. The summed E-state index contributed by atoms with van der Waals surface area (Å²) in [6, 6.07) is 0. The van der Waals surface area contributed by atoms with E-state index in [1.165, 1.54) is 11.3 Å². The van der Waals surface area contributed by atoms with Crippen LogP contribution < -0.4 is 5.73 Å². The number of hydrogen-bond donors (Lipinski definition) is 1. The highest BCUT2D eigenvalue weighted by molar-refractivity contribution is 7.09. The smallest absolute Gasteiger partial charge is 0.372 e. The second kappa shape index (κ2) is 6.17. The van der Waals surface area contributed by atoms with Crippen molar-refractivity contribution in [1.82, 2.24) is 4.98 Å². The van der Waals surface area contributed by atoms with Crippen LogP contribution in [0.15, 0.2) is 5.38 Å². The lowest BCUT2D eigenvalue weighted by Gasteiger charge is -2.06. The third-order valence-electron chi connectivity index (χ3n) is 1.73. The van der Waals surface area contributed by atoms with Crippen LogP contribution in [-0.2, 0) is 17.6 Å². The van der Waals surface area contributed by atoms with Crippen LogP contribution in [0.1, 0.15) is 10.7 Å². The molecule has 3 nitrogen and oxygen atoms in total. The Morgan fingerprint density at radius 3 is 2.75 bits per heavy atom. The topological polar surface area (TPSA) is 48.1 Å².